The van der Waals surface area contributed by atoms with Crippen LogP contribution in [0.4, 0.5) is 4.79 Å². The summed E-state index contributed by atoms with van der Waals surface area (Å²) in [7, 11) is -1.21. The largest absolute Gasteiger partial charge is 0.413 e. The van der Waals surface area contributed by atoms with Crippen LogP contribution in [0.5, 0.6) is 5.75 Å². The minimum absolute atomic E-state index is 0.0295. The van der Waals surface area contributed by atoms with Gasteiger partial charge in [0, 0.05) is 55.7 Å². The van der Waals surface area contributed by atoms with E-state index in [1.807, 2.05) is 45.2 Å². The van der Waals surface area contributed by atoms with Gasteiger partial charge >= 0.3 is 6.09 Å². The molecule has 3 saturated heterocycles. The first-order valence-corrected chi connectivity index (χ1v) is 15.8. The Labute approximate surface area is 230 Å². The van der Waals surface area contributed by atoms with Crippen LogP contribution >= 0.6 is 0 Å². The average molecular weight is 560 g/mol. The van der Waals surface area contributed by atoms with Crippen molar-refractivity contribution in [3.63, 3.8) is 0 Å². The van der Waals surface area contributed by atoms with Crippen molar-refractivity contribution in [2.75, 3.05) is 45.5 Å². The predicted octanol–water partition coefficient (Wildman–Crippen LogP) is 2.63. The number of hydrogen-bond acceptors (Lipinski definition) is 7. The van der Waals surface area contributed by atoms with Crippen molar-refractivity contribution in [2.24, 2.45) is 0 Å². The molecule has 0 radical (unpaired) electrons. The highest BCUT2D eigenvalue weighted by Crippen LogP contribution is 2.36. The lowest BCUT2D eigenvalue weighted by atomic mass is 9.97. The molecule has 3 aliphatic rings. The lowest BCUT2D eigenvalue weighted by molar-refractivity contribution is 0.114. The van der Waals surface area contributed by atoms with Gasteiger partial charge in [0.25, 0.3) is 5.56 Å². The Morgan fingerprint density at radius 1 is 1.08 bits per heavy atom. The van der Waals surface area contributed by atoms with E-state index in [9.17, 15) is 18.0 Å². The smallest absolute Gasteiger partial charge is 0.404 e. The van der Waals surface area contributed by atoms with E-state index in [4.69, 9.17) is 4.74 Å². The molecule has 3 atom stereocenters. The number of benzene rings is 1. The summed E-state index contributed by atoms with van der Waals surface area (Å²) in [6, 6.07) is 9.75. The molecule has 0 aliphatic carbocycles. The topological polar surface area (TPSA) is 104 Å². The van der Waals surface area contributed by atoms with Crippen molar-refractivity contribution in [3.05, 3.63) is 40.7 Å². The van der Waals surface area contributed by atoms with Crippen molar-refractivity contribution in [2.45, 2.75) is 70.1 Å². The number of fused-ring (bicyclic) bond motifs is 3. The molecule has 2 bridgehead atoms. The first-order chi connectivity index (χ1) is 18.6. The molecular formula is C28H41N5O5S. The number of amides is 1. The number of para-hydroxylation sites is 1. The number of piperazine rings is 1. The van der Waals surface area contributed by atoms with E-state index >= 15 is 0 Å². The number of ether oxygens (including phenoxy) is 1. The molecule has 3 fully saturated rings. The second-order valence-corrected chi connectivity index (χ2v) is 13.6. The van der Waals surface area contributed by atoms with Gasteiger partial charge in [0.15, 0.2) is 5.75 Å². The van der Waals surface area contributed by atoms with Crippen LogP contribution in [0.1, 0.15) is 52.0 Å². The lowest BCUT2D eigenvalue weighted by Crippen LogP contribution is -2.51. The minimum Gasteiger partial charge on any atom is -0.404 e. The Morgan fingerprint density at radius 2 is 1.74 bits per heavy atom. The number of pyridine rings is 1. The van der Waals surface area contributed by atoms with E-state index in [-0.39, 0.29) is 29.1 Å². The van der Waals surface area contributed by atoms with E-state index < -0.39 is 16.1 Å². The summed E-state index contributed by atoms with van der Waals surface area (Å²) < 4.78 is 34.4. The van der Waals surface area contributed by atoms with E-state index in [2.05, 4.69) is 15.1 Å². The third kappa shape index (κ3) is 6.16. The van der Waals surface area contributed by atoms with Gasteiger partial charge in [0.05, 0.1) is 11.3 Å². The minimum atomic E-state index is -3.23. The van der Waals surface area contributed by atoms with Crippen LogP contribution in [0.15, 0.2) is 35.1 Å². The van der Waals surface area contributed by atoms with E-state index in [1.165, 1.54) is 0 Å². The number of hydrogen-bond donors (Lipinski definition) is 1. The molecule has 1 unspecified atom stereocenters. The molecule has 39 heavy (non-hydrogen) atoms. The molecule has 2 aromatic rings. The maximum Gasteiger partial charge on any atom is 0.413 e. The van der Waals surface area contributed by atoms with E-state index in [0.717, 1.165) is 56.2 Å². The average Bonchev–Trinajstić information content (AvgIpc) is 3.12. The van der Waals surface area contributed by atoms with Crippen LogP contribution in [0.3, 0.4) is 0 Å². The number of sulfonamides is 1. The molecule has 214 valence electrons. The van der Waals surface area contributed by atoms with Crippen LogP contribution in [-0.2, 0) is 10.0 Å². The molecule has 10 nitrogen and oxygen atoms in total. The summed E-state index contributed by atoms with van der Waals surface area (Å²) in [4.78, 5) is 30.5. The highest BCUT2D eigenvalue weighted by molar-refractivity contribution is 7.89. The SMILES string of the molecule is CC(C)n1c(=O)c(OC(=O)NC2C[C@H]3CC[C@@H](C2)N3CCCS(=O)(=O)N2CCN(C)CC2)cc2ccccc21. The van der Waals surface area contributed by atoms with Crippen LogP contribution in [0.2, 0.25) is 0 Å². The molecule has 1 N–H and O–H groups in total. The Bertz CT molecular complexity index is 1340. The predicted molar refractivity (Wildman–Crippen MR) is 152 cm³/mol. The Balaban J connectivity index is 1.15. The summed E-state index contributed by atoms with van der Waals surface area (Å²) in [5, 5.41) is 3.84. The third-order valence-corrected chi connectivity index (χ3v) is 10.5. The van der Waals surface area contributed by atoms with Gasteiger partial charge in [-0.25, -0.2) is 13.2 Å². The number of nitrogens with one attached hydrogen (secondary N) is 1. The zero-order valence-corrected chi connectivity index (χ0v) is 24.0. The first-order valence-electron chi connectivity index (χ1n) is 14.2. The summed E-state index contributed by atoms with van der Waals surface area (Å²) in [5.74, 6) is 0.210. The number of carbonyl (C=O) groups is 1. The standard InChI is InChI=1S/C28H41N5O5S/c1-20(2)33-25-8-5-4-7-21(25)17-26(27(33)34)38-28(35)29-22-18-23-9-10-24(19-22)32(23)11-6-16-39(36,37)31-14-12-30(3)13-15-31/h4-5,7-8,17,20,22-24H,6,9-16,18-19H2,1-3H3,(H,29,35)/t22?,23-,24+. The number of aromatic nitrogens is 1. The second-order valence-electron chi connectivity index (χ2n) is 11.5. The van der Waals surface area contributed by atoms with Crippen molar-refractivity contribution >= 4 is 27.0 Å². The zero-order chi connectivity index (χ0) is 27.7. The quantitative estimate of drug-likeness (QED) is 0.530. The summed E-state index contributed by atoms with van der Waals surface area (Å²) in [5.41, 5.74) is 0.491. The van der Waals surface area contributed by atoms with Gasteiger partial charge in [-0.3, -0.25) is 9.69 Å². The van der Waals surface area contributed by atoms with Gasteiger partial charge in [-0.05, 0) is 71.7 Å². The highest BCUT2D eigenvalue weighted by atomic mass is 32.2. The first kappa shape index (κ1) is 28.1. The Kier molecular flexibility index (Phi) is 8.32. The van der Waals surface area contributed by atoms with Crippen molar-refractivity contribution in [1.29, 1.82) is 0 Å². The molecule has 1 aromatic carbocycles. The van der Waals surface area contributed by atoms with Gasteiger partial charge in [0.1, 0.15) is 0 Å². The third-order valence-electron chi connectivity index (χ3n) is 8.51. The van der Waals surface area contributed by atoms with Gasteiger partial charge in [-0.2, -0.15) is 4.31 Å². The van der Waals surface area contributed by atoms with Crippen molar-refractivity contribution in [1.82, 2.24) is 24.0 Å². The summed E-state index contributed by atoms with van der Waals surface area (Å²) >= 11 is 0. The second kappa shape index (κ2) is 11.6. The lowest BCUT2D eigenvalue weighted by Gasteiger charge is -2.39. The molecular weight excluding hydrogens is 518 g/mol. The number of likely N-dealkylation sites (N-methyl/N-ethyl adjacent to an activating group) is 1. The van der Waals surface area contributed by atoms with Crippen molar-refractivity contribution in [3.8, 4) is 5.75 Å². The number of piperidine rings is 1. The van der Waals surface area contributed by atoms with Crippen LogP contribution in [0, 0.1) is 0 Å². The van der Waals surface area contributed by atoms with Gasteiger partial charge < -0.3 is 19.5 Å². The summed E-state index contributed by atoms with van der Waals surface area (Å²) in [6.45, 7) is 7.32. The number of rotatable bonds is 8. The molecule has 1 amide bonds. The number of carbonyl (C=O) groups excluding carboxylic acids is 1. The van der Waals surface area contributed by atoms with Crippen LogP contribution in [-0.4, -0.2) is 96.8 Å². The molecule has 0 spiro atoms. The molecule has 0 saturated carbocycles. The van der Waals surface area contributed by atoms with Gasteiger partial charge in [-0.15, -0.1) is 0 Å². The Hall–Kier alpha value is -2.47. The van der Waals surface area contributed by atoms with Gasteiger partial charge in [-0.1, -0.05) is 18.2 Å². The molecule has 3 aliphatic heterocycles. The normalized spacial score (nSPS) is 24.9. The van der Waals surface area contributed by atoms with Crippen molar-refractivity contribution < 1.29 is 17.9 Å². The van der Waals surface area contributed by atoms with Crippen LogP contribution in [0.25, 0.3) is 10.9 Å². The zero-order valence-electron chi connectivity index (χ0n) is 23.2. The Morgan fingerprint density at radius 3 is 2.41 bits per heavy atom. The van der Waals surface area contributed by atoms with Gasteiger partial charge in [0.2, 0.25) is 10.0 Å². The fourth-order valence-electron chi connectivity index (χ4n) is 6.52. The van der Waals surface area contributed by atoms with E-state index in [0.29, 0.717) is 31.6 Å². The molecule has 1 aromatic heterocycles. The molecule has 11 heteroatoms. The van der Waals surface area contributed by atoms with Crippen LogP contribution < -0.4 is 15.6 Å². The molecule has 5 rings (SSSR count). The number of nitrogens with zero attached hydrogens (tertiary/aromatic N) is 4. The monoisotopic (exact) mass is 559 g/mol. The fraction of sp³-hybridized carbons (Fsp3) is 0.643. The maximum atomic E-state index is 13.1. The summed E-state index contributed by atoms with van der Waals surface area (Å²) in [6.07, 6.45) is 3.70. The highest BCUT2D eigenvalue weighted by Gasteiger charge is 2.41. The fourth-order valence-corrected chi connectivity index (χ4v) is 8.00. The molecule has 4 heterocycles. The van der Waals surface area contributed by atoms with E-state index in [1.54, 1.807) is 14.9 Å². The maximum absolute atomic E-state index is 13.1.